The van der Waals surface area contributed by atoms with Gasteiger partial charge in [-0.1, -0.05) is 25.5 Å². The normalized spacial score (nSPS) is 19.7. The van der Waals surface area contributed by atoms with Crippen molar-refractivity contribution in [2.45, 2.75) is 39.3 Å². The van der Waals surface area contributed by atoms with Crippen LogP contribution < -0.4 is 10.5 Å². The molecule has 0 amide bonds. The first kappa shape index (κ1) is 18.8. The van der Waals surface area contributed by atoms with E-state index in [4.69, 9.17) is 10.5 Å². The molecule has 1 aliphatic rings. The largest absolute Gasteiger partial charge is 0.422 e. The summed E-state index contributed by atoms with van der Waals surface area (Å²) in [4.78, 5) is 0. The Kier molecular flexibility index (Phi) is 4.22. The van der Waals surface area contributed by atoms with Gasteiger partial charge in [0.1, 0.15) is 11.6 Å². The Labute approximate surface area is 154 Å². The van der Waals surface area contributed by atoms with Crippen molar-refractivity contribution in [2.75, 3.05) is 0 Å². The highest BCUT2D eigenvalue weighted by Crippen LogP contribution is 2.53. The molecule has 1 aromatic heterocycles. The number of ether oxygens (including phenoxy) is 1. The maximum absolute atomic E-state index is 13.5. The van der Waals surface area contributed by atoms with Crippen molar-refractivity contribution >= 4 is 0 Å². The fourth-order valence-corrected chi connectivity index (χ4v) is 3.95. The van der Waals surface area contributed by atoms with Crippen LogP contribution in [0.4, 0.5) is 13.2 Å². The van der Waals surface area contributed by atoms with Crippen molar-refractivity contribution in [3.8, 4) is 11.9 Å². The second-order valence-electron chi connectivity index (χ2n) is 7.01. The monoisotopic (exact) mass is 376 g/mol. The molecule has 3 N–H and O–H groups in total. The smallest absolute Gasteiger partial charge is 0.416 e. The molecule has 0 aliphatic carbocycles. The quantitative estimate of drug-likeness (QED) is 0.827. The van der Waals surface area contributed by atoms with Crippen LogP contribution in [0.1, 0.15) is 41.8 Å². The lowest BCUT2D eigenvalue weighted by Crippen LogP contribution is -2.41. The number of fused-ring (bicyclic) bond motifs is 1. The van der Waals surface area contributed by atoms with E-state index in [9.17, 15) is 18.4 Å². The summed E-state index contributed by atoms with van der Waals surface area (Å²) < 4.78 is 45.9. The number of H-pyrrole nitrogens is 1. The third-order valence-corrected chi connectivity index (χ3v) is 5.00. The maximum atomic E-state index is 13.5. The van der Waals surface area contributed by atoms with Crippen LogP contribution in [0.3, 0.4) is 0 Å². The summed E-state index contributed by atoms with van der Waals surface area (Å²) in [5, 5.41) is 16.7. The molecule has 0 saturated carbocycles. The predicted octanol–water partition coefficient (Wildman–Crippen LogP) is 4.07. The highest BCUT2D eigenvalue weighted by molar-refractivity contribution is 5.62. The van der Waals surface area contributed by atoms with Crippen molar-refractivity contribution in [3.05, 3.63) is 57.6 Å². The van der Waals surface area contributed by atoms with Crippen molar-refractivity contribution < 1.29 is 17.9 Å². The van der Waals surface area contributed by atoms with Crippen molar-refractivity contribution in [1.29, 1.82) is 5.26 Å². The van der Waals surface area contributed by atoms with E-state index in [-0.39, 0.29) is 23.3 Å². The van der Waals surface area contributed by atoms with Gasteiger partial charge in [-0.05, 0) is 37.5 Å². The van der Waals surface area contributed by atoms with Gasteiger partial charge < -0.3 is 10.5 Å². The van der Waals surface area contributed by atoms with Crippen LogP contribution in [0.5, 0.6) is 5.88 Å². The van der Waals surface area contributed by atoms with E-state index in [1.165, 1.54) is 0 Å². The Bertz CT molecular complexity index is 982. The summed E-state index contributed by atoms with van der Waals surface area (Å²) in [6.07, 6.45) is -4.51. The minimum atomic E-state index is -4.51. The Morgan fingerprint density at radius 1 is 1.26 bits per heavy atom. The number of halogens is 3. The fourth-order valence-electron chi connectivity index (χ4n) is 3.95. The average molecular weight is 376 g/mol. The molecule has 0 radical (unpaired) electrons. The molecule has 1 aliphatic heterocycles. The number of aryl methyl sites for hydroxylation is 2. The summed E-state index contributed by atoms with van der Waals surface area (Å²) in [5.41, 5.74) is 5.91. The number of benzene rings is 1. The van der Waals surface area contributed by atoms with E-state index in [1.807, 2.05) is 13.8 Å². The number of rotatable bonds is 2. The van der Waals surface area contributed by atoms with E-state index in [0.717, 1.165) is 12.1 Å². The molecule has 0 saturated heterocycles. The number of alkyl halides is 3. The van der Waals surface area contributed by atoms with Crippen LogP contribution in [-0.2, 0) is 11.6 Å². The molecule has 1 atom stereocenters. The predicted molar refractivity (Wildman–Crippen MR) is 92.6 cm³/mol. The Balaban J connectivity index is 2.47. The standard InChI is InChI=1S/C19H19F3N4O/c1-9(2)18(12-5-10(3)6-13(7-12)19(20,21)22)14(8-23)16(24)27-17-15(18)11(4)25-26-17/h5-7,9H,24H2,1-4H3,(H,25,26)/t18-/m0/s1. The zero-order valence-electron chi connectivity index (χ0n) is 15.3. The van der Waals surface area contributed by atoms with Gasteiger partial charge in [0.2, 0.25) is 11.8 Å². The third-order valence-electron chi connectivity index (χ3n) is 5.00. The topological polar surface area (TPSA) is 87.7 Å². The molecule has 2 aromatic rings. The van der Waals surface area contributed by atoms with E-state index in [2.05, 4.69) is 16.3 Å². The number of aromatic amines is 1. The second-order valence-corrected chi connectivity index (χ2v) is 7.01. The number of nitrogens with two attached hydrogens (primary N) is 1. The minimum absolute atomic E-state index is 0.0771. The first-order chi connectivity index (χ1) is 12.5. The fraction of sp³-hybridized carbons (Fsp3) is 0.368. The van der Waals surface area contributed by atoms with Crippen molar-refractivity contribution in [2.24, 2.45) is 11.7 Å². The van der Waals surface area contributed by atoms with Gasteiger partial charge in [-0.3, -0.25) is 0 Å². The third kappa shape index (κ3) is 2.65. The maximum Gasteiger partial charge on any atom is 0.416 e. The molecule has 0 unspecified atom stereocenters. The highest BCUT2D eigenvalue weighted by atomic mass is 19.4. The Hall–Kier alpha value is -2.95. The lowest BCUT2D eigenvalue weighted by atomic mass is 9.61. The van der Waals surface area contributed by atoms with Crippen molar-refractivity contribution in [1.82, 2.24) is 10.2 Å². The van der Waals surface area contributed by atoms with Crippen LogP contribution in [0, 0.1) is 31.1 Å². The van der Waals surface area contributed by atoms with Crippen LogP contribution in [0.2, 0.25) is 0 Å². The van der Waals surface area contributed by atoms with Crippen molar-refractivity contribution in [3.63, 3.8) is 0 Å². The van der Waals surface area contributed by atoms with E-state index >= 15 is 0 Å². The van der Waals surface area contributed by atoms with Gasteiger partial charge in [-0.25, -0.2) is 5.10 Å². The molecule has 0 spiro atoms. The number of hydrogen-bond acceptors (Lipinski definition) is 4. The second kappa shape index (κ2) is 6.05. The Morgan fingerprint density at radius 3 is 2.48 bits per heavy atom. The van der Waals surface area contributed by atoms with E-state index in [1.54, 1.807) is 19.9 Å². The zero-order valence-corrected chi connectivity index (χ0v) is 15.3. The highest BCUT2D eigenvalue weighted by Gasteiger charge is 2.51. The van der Waals surface area contributed by atoms with Gasteiger partial charge in [0.05, 0.1) is 22.2 Å². The molecule has 1 aromatic carbocycles. The average Bonchev–Trinajstić information content (AvgIpc) is 2.92. The first-order valence-electron chi connectivity index (χ1n) is 8.36. The van der Waals surface area contributed by atoms with E-state index in [0.29, 0.717) is 22.4 Å². The molecule has 0 bridgehead atoms. The summed E-state index contributed by atoms with van der Waals surface area (Å²) in [5.74, 6) is -0.197. The lowest BCUT2D eigenvalue weighted by molar-refractivity contribution is -0.137. The SMILES string of the molecule is Cc1cc(C(F)(F)F)cc([C@@]2(C(C)C)C(C#N)=C(N)Oc3[nH]nc(C)c32)c1. The molecule has 27 heavy (non-hydrogen) atoms. The number of aromatic nitrogens is 2. The van der Waals surface area contributed by atoms with Crippen LogP contribution >= 0.6 is 0 Å². The minimum Gasteiger partial charge on any atom is -0.422 e. The van der Waals surface area contributed by atoms with Crippen LogP contribution in [0.15, 0.2) is 29.7 Å². The summed E-state index contributed by atoms with van der Waals surface area (Å²) in [7, 11) is 0. The van der Waals surface area contributed by atoms with Gasteiger partial charge >= 0.3 is 6.18 Å². The van der Waals surface area contributed by atoms with Gasteiger partial charge in [-0.2, -0.15) is 23.5 Å². The number of nitrogens with zero attached hydrogens (tertiary/aromatic N) is 2. The number of hydrogen-bond donors (Lipinski definition) is 2. The number of nitrogens with one attached hydrogen (secondary N) is 1. The zero-order chi connectivity index (χ0) is 20.1. The molecular formula is C19H19F3N4O. The Morgan fingerprint density at radius 2 is 1.93 bits per heavy atom. The van der Waals surface area contributed by atoms with Gasteiger partial charge in [0.25, 0.3) is 0 Å². The molecule has 142 valence electrons. The molecule has 3 rings (SSSR count). The van der Waals surface area contributed by atoms with Crippen LogP contribution in [0.25, 0.3) is 0 Å². The van der Waals surface area contributed by atoms with Gasteiger partial charge in [0, 0.05) is 0 Å². The first-order valence-corrected chi connectivity index (χ1v) is 8.36. The summed E-state index contributed by atoms with van der Waals surface area (Å²) in [6, 6.07) is 5.89. The van der Waals surface area contributed by atoms with Crippen LogP contribution in [-0.4, -0.2) is 10.2 Å². The molecule has 2 heterocycles. The lowest BCUT2D eigenvalue weighted by Gasteiger charge is -2.41. The summed E-state index contributed by atoms with van der Waals surface area (Å²) in [6.45, 7) is 6.98. The molecule has 0 fully saturated rings. The molecule has 8 heteroatoms. The van der Waals surface area contributed by atoms with Gasteiger partial charge in [-0.15, -0.1) is 0 Å². The van der Waals surface area contributed by atoms with Gasteiger partial charge in [0.15, 0.2) is 0 Å². The summed E-state index contributed by atoms with van der Waals surface area (Å²) >= 11 is 0. The number of nitriles is 1. The molecule has 5 nitrogen and oxygen atoms in total. The number of allylic oxidation sites excluding steroid dienone is 1. The molecular weight excluding hydrogens is 357 g/mol. The van der Waals surface area contributed by atoms with E-state index < -0.39 is 17.2 Å².